The molecule has 1 aromatic carbocycles. The molecule has 0 saturated carbocycles. The van der Waals surface area contributed by atoms with Crippen molar-refractivity contribution >= 4 is 22.5 Å². The van der Waals surface area contributed by atoms with Crippen molar-refractivity contribution in [2.45, 2.75) is 39.8 Å². The van der Waals surface area contributed by atoms with Crippen LogP contribution in [0.4, 0.5) is 0 Å². The fraction of sp³-hybridized carbons (Fsp3) is 0.429. The van der Waals surface area contributed by atoms with E-state index in [1.165, 1.54) is 0 Å². The van der Waals surface area contributed by atoms with Crippen LogP contribution >= 0.6 is 11.6 Å². The molecule has 2 rings (SSSR count). The number of aryl methyl sites for hydroxylation is 1. The fourth-order valence-electron chi connectivity index (χ4n) is 2.16. The summed E-state index contributed by atoms with van der Waals surface area (Å²) in [6, 6.07) is 4.39. The van der Waals surface area contributed by atoms with Crippen molar-refractivity contribution < 1.29 is 5.11 Å². The molecule has 1 N–H and O–H groups in total. The van der Waals surface area contributed by atoms with E-state index < -0.39 is 6.10 Å². The molecule has 17 heavy (non-hydrogen) atoms. The summed E-state index contributed by atoms with van der Waals surface area (Å²) in [5, 5.41) is 11.7. The van der Waals surface area contributed by atoms with Crippen LogP contribution in [-0.2, 0) is 0 Å². The van der Waals surface area contributed by atoms with Crippen LogP contribution in [0.2, 0.25) is 5.02 Å². The van der Waals surface area contributed by atoms with Gasteiger partial charge in [-0.1, -0.05) is 11.6 Å². The molecular formula is C14H18ClNO. The topological polar surface area (TPSA) is 25.2 Å². The average molecular weight is 252 g/mol. The number of aliphatic hydroxyl groups is 1. The quantitative estimate of drug-likeness (QED) is 0.849. The zero-order chi connectivity index (χ0) is 12.7. The molecule has 0 fully saturated rings. The van der Waals surface area contributed by atoms with Crippen LogP contribution in [0.3, 0.4) is 0 Å². The molecule has 0 aliphatic carbocycles. The summed E-state index contributed by atoms with van der Waals surface area (Å²) in [6.07, 6.45) is 1.56. The molecule has 1 heterocycles. The van der Waals surface area contributed by atoms with Gasteiger partial charge in [0.25, 0.3) is 0 Å². The Balaban J connectivity index is 2.81. The summed E-state index contributed by atoms with van der Waals surface area (Å²) in [7, 11) is 0. The number of benzene rings is 1. The van der Waals surface area contributed by atoms with E-state index in [9.17, 15) is 5.11 Å². The normalized spacial score (nSPS) is 13.6. The number of fused-ring (bicyclic) bond motifs is 1. The molecule has 0 aliphatic heterocycles. The number of halogens is 1. The first-order chi connectivity index (χ1) is 7.91. The highest BCUT2D eigenvalue weighted by molar-refractivity contribution is 6.32. The zero-order valence-electron chi connectivity index (χ0n) is 10.7. The highest BCUT2D eigenvalue weighted by Gasteiger charge is 2.15. The predicted octanol–water partition coefficient (Wildman–Crippen LogP) is 4.24. The average Bonchev–Trinajstić information content (AvgIpc) is 2.57. The molecule has 0 bridgehead atoms. The molecule has 1 aromatic heterocycles. The molecule has 1 atom stereocenters. The van der Waals surface area contributed by atoms with Gasteiger partial charge in [-0.2, -0.15) is 0 Å². The van der Waals surface area contributed by atoms with Gasteiger partial charge in [-0.25, -0.2) is 0 Å². The van der Waals surface area contributed by atoms with Crippen molar-refractivity contribution in [3.8, 4) is 0 Å². The second-order valence-corrected chi connectivity index (χ2v) is 5.29. The molecule has 2 aromatic rings. The number of aliphatic hydroxyl groups excluding tert-OH is 1. The number of hydrogen-bond acceptors (Lipinski definition) is 1. The maximum absolute atomic E-state index is 9.83. The summed E-state index contributed by atoms with van der Waals surface area (Å²) < 4.78 is 2.16. The maximum Gasteiger partial charge on any atom is 0.0782 e. The third kappa shape index (κ3) is 2.07. The lowest BCUT2D eigenvalue weighted by molar-refractivity contribution is 0.200. The SMILES string of the molecule is Cc1cc2c(C(C)O)cn(C(C)C)c2cc1Cl. The van der Waals surface area contributed by atoms with Gasteiger partial charge in [0, 0.05) is 28.2 Å². The van der Waals surface area contributed by atoms with Gasteiger partial charge in [-0.05, 0) is 45.4 Å². The predicted molar refractivity (Wildman–Crippen MR) is 72.7 cm³/mol. The van der Waals surface area contributed by atoms with E-state index in [0.29, 0.717) is 6.04 Å². The summed E-state index contributed by atoms with van der Waals surface area (Å²) >= 11 is 6.18. The minimum Gasteiger partial charge on any atom is -0.389 e. The largest absolute Gasteiger partial charge is 0.389 e. The molecule has 2 nitrogen and oxygen atoms in total. The monoisotopic (exact) mass is 251 g/mol. The minimum absolute atomic E-state index is 0.351. The van der Waals surface area contributed by atoms with E-state index in [1.807, 2.05) is 19.2 Å². The Kier molecular flexibility index (Phi) is 3.19. The summed E-state index contributed by atoms with van der Waals surface area (Å²) in [4.78, 5) is 0. The molecule has 0 amide bonds. The lowest BCUT2D eigenvalue weighted by Crippen LogP contribution is -1.98. The minimum atomic E-state index is -0.460. The van der Waals surface area contributed by atoms with E-state index in [0.717, 1.165) is 27.1 Å². The molecule has 0 aliphatic rings. The van der Waals surface area contributed by atoms with Crippen LogP contribution in [0.1, 0.15) is 44.0 Å². The van der Waals surface area contributed by atoms with Gasteiger partial charge in [0.1, 0.15) is 0 Å². The summed E-state index contributed by atoms with van der Waals surface area (Å²) in [6.45, 7) is 8.03. The third-order valence-electron chi connectivity index (χ3n) is 3.15. The van der Waals surface area contributed by atoms with Crippen LogP contribution in [0.15, 0.2) is 18.3 Å². The van der Waals surface area contributed by atoms with E-state index in [2.05, 4.69) is 24.5 Å². The summed E-state index contributed by atoms with van der Waals surface area (Å²) in [5.41, 5.74) is 3.10. The van der Waals surface area contributed by atoms with Crippen molar-refractivity contribution in [2.24, 2.45) is 0 Å². The maximum atomic E-state index is 9.83. The number of aromatic nitrogens is 1. The van der Waals surface area contributed by atoms with E-state index in [1.54, 1.807) is 6.92 Å². The van der Waals surface area contributed by atoms with Crippen molar-refractivity contribution in [3.63, 3.8) is 0 Å². The van der Waals surface area contributed by atoms with E-state index in [-0.39, 0.29) is 0 Å². The van der Waals surface area contributed by atoms with Crippen LogP contribution < -0.4 is 0 Å². The van der Waals surface area contributed by atoms with Crippen molar-refractivity contribution in [1.82, 2.24) is 4.57 Å². The molecular weight excluding hydrogens is 234 g/mol. The molecule has 1 unspecified atom stereocenters. The lowest BCUT2D eigenvalue weighted by Gasteiger charge is -2.09. The van der Waals surface area contributed by atoms with Crippen molar-refractivity contribution in [2.75, 3.05) is 0 Å². The van der Waals surface area contributed by atoms with Gasteiger partial charge < -0.3 is 9.67 Å². The Bertz CT molecular complexity index is 507. The van der Waals surface area contributed by atoms with Gasteiger partial charge in [-0.15, -0.1) is 0 Å². The van der Waals surface area contributed by atoms with Gasteiger partial charge >= 0.3 is 0 Å². The Labute approximate surface area is 107 Å². The fourth-order valence-corrected chi connectivity index (χ4v) is 2.32. The Hall–Kier alpha value is -0.990. The van der Waals surface area contributed by atoms with E-state index >= 15 is 0 Å². The first-order valence-corrected chi connectivity index (χ1v) is 6.28. The van der Waals surface area contributed by atoms with Gasteiger partial charge in [0.2, 0.25) is 0 Å². The third-order valence-corrected chi connectivity index (χ3v) is 3.56. The highest BCUT2D eigenvalue weighted by atomic mass is 35.5. The van der Waals surface area contributed by atoms with Crippen LogP contribution in [0.5, 0.6) is 0 Å². The molecule has 0 radical (unpaired) electrons. The molecule has 92 valence electrons. The number of hydrogen-bond donors (Lipinski definition) is 1. The summed E-state index contributed by atoms with van der Waals surface area (Å²) in [5.74, 6) is 0. The standard InChI is InChI=1S/C14H18ClNO/c1-8(2)16-7-12(10(4)17)11-5-9(3)13(15)6-14(11)16/h5-8,10,17H,1-4H3. The Morgan fingerprint density at radius 2 is 1.88 bits per heavy atom. The van der Waals surface area contributed by atoms with Crippen molar-refractivity contribution in [3.05, 3.63) is 34.5 Å². The molecule has 3 heteroatoms. The van der Waals surface area contributed by atoms with Gasteiger partial charge in [-0.3, -0.25) is 0 Å². The van der Waals surface area contributed by atoms with Crippen molar-refractivity contribution in [1.29, 1.82) is 0 Å². The first-order valence-electron chi connectivity index (χ1n) is 5.90. The van der Waals surface area contributed by atoms with Crippen LogP contribution in [-0.4, -0.2) is 9.67 Å². The molecule has 0 saturated heterocycles. The van der Waals surface area contributed by atoms with Crippen LogP contribution in [0, 0.1) is 6.92 Å². The van der Waals surface area contributed by atoms with Crippen LogP contribution in [0.25, 0.3) is 10.9 Å². The second kappa shape index (κ2) is 4.35. The second-order valence-electron chi connectivity index (χ2n) is 4.88. The molecule has 0 spiro atoms. The Morgan fingerprint density at radius 1 is 1.24 bits per heavy atom. The zero-order valence-corrected chi connectivity index (χ0v) is 11.4. The van der Waals surface area contributed by atoms with Gasteiger partial charge in [0.15, 0.2) is 0 Å². The number of nitrogens with zero attached hydrogens (tertiary/aromatic N) is 1. The highest BCUT2D eigenvalue weighted by Crippen LogP contribution is 2.32. The number of rotatable bonds is 2. The van der Waals surface area contributed by atoms with E-state index in [4.69, 9.17) is 11.6 Å². The smallest absolute Gasteiger partial charge is 0.0782 e. The first kappa shape index (κ1) is 12.5. The lowest BCUT2D eigenvalue weighted by atomic mass is 10.1. The Morgan fingerprint density at radius 3 is 2.41 bits per heavy atom. The van der Waals surface area contributed by atoms with Gasteiger partial charge in [0.05, 0.1) is 11.6 Å².